The smallest absolute Gasteiger partial charge is 0.405 e. The van der Waals surface area contributed by atoms with Crippen molar-refractivity contribution in [3.05, 3.63) is 0 Å². The van der Waals surface area contributed by atoms with E-state index in [2.05, 4.69) is 4.90 Å². The molecule has 0 spiro atoms. The molecule has 20 heavy (non-hydrogen) atoms. The number of aliphatic hydroxyl groups excluding tert-OH is 1. The molecule has 1 saturated carbocycles. The van der Waals surface area contributed by atoms with Crippen LogP contribution in [0.15, 0.2) is 0 Å². The second kappa shape index (κ2) is 6.31. The van der Waals surface area contributed by atoms with E-state index in [1.54, 1.807) is 0 Å². The van der Waals surface area contributed by atoms with Gasteiger partial charge in [-0.25, -0.2) is 4.79 Å². The molecular formula is C15H28N2O3. The Labute approximate surface area is 121 Å². The molecule has 116 valence electrons. The van der Waals surface area contributed by atoms with Gasteiger partial charge in [-0.15, -0.1) is 0 Å². The number of carbonyl (C=O) groups excluding carboxylic acids is 1. The summed E-state index contributed by atoms with van der Waals surface area (Å²) in [4.78, 5) is 13.2. The fourth-order valence-corrected chi connectivity index (χ4v) is 3.28. The number of ether oxygens (including phenoxy) is 1. The van der Waals surface area contributed by atoms with Crippen LogP contribution in [-0.4, -0.2) is 47.4 Å². The highest BCUT2D eigenvalue weighted by atomic mass is 16.6. The van der Waals surface area contributed by atoms with Gasteiger partial charge in [0.05, 0.1) is 6.10 Å². The second-order valence-electron chi connectivity index (χ2n) is 7.03. The predicted octanol–water partition coefficient (Wildman–Crippen LogP) is 1.73. The predicted molar refractivity (Wildman–Crippen MR) is 77.3 cm³/mol. The maximum absolute atomic E-state index is 10.9. The fraction of sp³-hybridized carbons (Fsp3) is 0.933. The minimum absolute atomic E-state index is 0.138. The van der Waals surface area contributed by atoms with Gasteiger partial charge < -0.3 is 20.5 Å². The third-order valence-electron chi connectivity index (χ3n) is 4.48. The van der Waals surface area contributed by atoms with Crippen LogP contribution in [0.3, 0.4) is 0 Å². The van der Waals surface area contributed by atoms with Crippen molar-refractivity contribution in [2.24, 2.45) is 17.6 Å². The lowest BCUT2D eigenvalue weighted by molar-refractivity contribution is 0.0124. The van der Waals surface area contributed by atoms with Gasteiger partial charge in [-0.1, -0.05) is 0 Å². The number of hydrogen-bond acceptors (Lipinski definition) is 4. The highest BCUT2D eigenvalue weighted by Crippen LogP contribution is 2.34. The summed E-state index contributed by atoms with van der Waals surface area (Å²) in [5.41, 5.74) is 4.62. The molecule has 1 saturated heterocycles. The molecule has 0 radical (unpaired) electrons. The number of primary amides is 1. The zero-order valence-electron chi connectivity index (χ0n) is 12.7. The van der Waals surface area contributed by atoms with E-state index < -0.39 is 11.7 Å². The monoisotopic (exact) mass is 284 g/mol. The van der Waals surface area contributed by atoms with Crippen LogP contribution in [0.25, 0.3) is 0 Å². The van der Waals surface area contributed by atoms with Crippen LogP contribution in [0, 0.1) is 11.8 Å². The standard InChI is InChI=1S/C15H28N2O3/c1-15(2,20-14(16)19)9-11-5-7-17(8-6-11)10-13(18)12-3-4-12/h11-13,18H,3-10H2,1-2H3,(H2,16,19). The topological polar surface area (TPSA) is 75.8 Å². The van der Waals surface area contributed by atoms with Crippen LogP contribution in [0.4, 0.5) is 4.79 Å². The Balaban J connectivity index is 1.69. The van der Waals surface area contributed by atoms with Gasteiger partial charge in [0, 0.05) is 6.54 Å². The zero-order valence-corrected chi connectivity index (χ0v) is 12.7. The molecule has 3 N–H and O–H groups in total. The van der Waals surface area contributed by atoms with Crippen molar-refractivity contribution in [2.75, 3.05) is 19.6 Å². The van der Waals surface area contributed by atoms with Gasteiger partial charge in [-0.05, 0) is 70.9 Å². The Kier molecular flexibility index (Phi) is 4.91. The van der Waals surface area contributed by atoms with Crippen molar-refractivity contribution in [1.29, 1.82) is 0 Å². The van der Waals surface area contributed by atoms with Crippen LogP contribution < -0.4 is 5.73 Å². The number of nitrogens with zero attached hydrogens (tertiary/aromatic N) is 1. The number of hydrogen-bond donors (Lipinski definition) is 2. The van der Waals surface area contributed by atoms with Crippen LogP contribution in [0.1, 0.15) is 46.0 Å². The Morgan fingerprint density at radius 3 is 2.45 bits per heavy atom. The lowest BCUT2D eigenvalue weighted by atomic mass is 9.86. The molecule has 0 bridgehead atoms. The van der Waals surface area contributed by atoms with Gasteiger partial charge in [0.15, 0.2) is 0 Å². The maximum atomic E-state index is 10.9. The van der Waals surface area contributed by atoms with E-state index in [9.17, 15) is 9.90 Å². The molecule has 1 aliphatic carbocycles. The van der Waals surface area contributed by atoms with Crippen molar-refractivity contribution in [3.8, 4) is 0 Å². The highest BCUT2D eigenvalue weighted by Gasteiger charge is 2.33. The van der Waals surface area contributed by atoms with E-state index in [1.165, 1.54) is 12.8 Å². The van der Waals surface area contributed by atoms with E-state index >= 15 is 0 Å². The number of aliphatic hydroxyl groups is 1. The maximum Gasteiger partial charge on any atom is 0.405 e. The SMILES string of the molecule is CC(C)(CC1CCN(CC(O)C2CC2)CC1)OC(N)=O. The first-order valence-corrected chi connectivity index (χ1v) is 7.74. The molecule has 1 unspecified atom stereocenters. The van der Waals surface area contributed by atoms with Crippen molar-refractivity contribution in [3.63, 3.8) is 0 Å². The Hall–Kier alpha value is -0.810. The van der Waals surface area contributed by atoms with E-state index in [4.69, 9.17) is 10.5 Å². The number of carbonyl (C=O) groups is 1. The van der Waals surface area contributed by atoms with Crippen LogP contribution in [0.5, 0.6) is 0 Å². The average Bonchev–Trinajstić information content (AvgIpc) is 3.13. The molecule has 1 atom stereocenters. The van der Waals surface area contributed by atoms with Crippen molar-refractivity contribution < 1.29 is 14.6 Å². The molecule has 2 fully saturated rings. The van der Waals surface area contributed by atoms with Gasteiger partial charge in [0.2, 0.25) is 0 Å². The summed E-state index contributed by atoms with van der Waals surface area (Å²) in [6.45, 7) is 6.71. The van der Waals surface area contributed by atoms with E-state index in [-0.39, 0.29) is 6.10 Å². The molecule has 2 rings (SSSR count). The van der Waals surface area contributed by atoms with Crippen molar-refractivity contribution in [2.45, 2.75) is 57.7 Å². The molecule has 1 aliphatic heterocycles. The van der Waals surface area contributed by atoms with Crippen LogP contribution in [0.2, 0.25) is 0 Å². The molecule has 0 aromatic heterocycles. The van der Waals surface area contributed by atoms with E-state index in [0.29, 0.717) is 11.8 Å². The quantitative estimate of drug-likeness (QED) is 0.779. The van der Waals surface area contributed by atoms with Gasteiger partial charge in [-0.2, -0.15) is 0 Å². The van der Waals surface area contributed by atoms with Crippen molar-refractivity contribution >= 4 is 6.09 Å². The van der Waals surface area contributed by atoms with E-state index in [0.717, 1.165) is 38.9 Å². The number of β-amino-alcohol motifs (C(OH)–C–C–N with tert-alkyl or cyclic N) is 1. The Morgan fingerprint density at radius 1 is 1.35 bits per heavy atom. The normalized spacial score (nSPS) is 23.6. The summed E-state index contributed by atoms with van der Waals surface area (Å²) >= 11 is 0. The number of nitrogens with two attached hydrogens (primary N) is 1. The number of piperidine rings is 1. The number of amides is 1. The van der Waals surface area contributed by atoms with Gasteiger partial charge in [0.25, 0.3) is 0 Å². The number of rotatable bonds is 6. The first-order valence-electron chi connectivity index (χ1n) is 7.74. The van der Waals surface area contributed by atoms with Crippen LogP contribution in [-0.2, 0) is 4.74 Å². The summed E-state index contributed by atoms with van der Waals surface area (Å²) in [6, 6.07) is 0. The highest BCUT2D eigenvalue weighted by molar-refractivity contribution is 5.65. The first-order chi connectivity index (χ1) is 9.35. The van der Waals surface area contributed by atoms with Crippen molar-refractivity contribution in [1.82, 2.24) is 4.90 Å². The second-order valence-corrected chi connectivity index (χ2v) is 7.03. The largest absolute Gasteiger partial charge is 0.444 e. The lowest BCUT2D eigenvalue weighted by Crippen LogP contribution is -2.41. The molecule has 0 aromatic rings. The van der Waals surface area contributed by atoms with Gasteiger partial charge in [0.1, 0.15) is 5.60 Å². The molecular weight excluding hydrogens is 256 g/mol. The van der Waals surface area contributed by atoms with Crippen LogP contribution >= 0.6 is 0 Å². The Morgan fingerprint density at radius 2 is 1.95 bits per heavy atom. The summed E-state index contributed by atoms with van der Waals surface area (Å²) in [5.74, 6) is 1.12. The lowest BCUT2D eigenvalue weighted by Gasteiger charge is -2.36. The third-order valence-corrected chi connectivity index (χ3v) is 4.48. The Bertz CT molecular complexity index is 334. The average molecular weight is 284 g/mol. The minimum atomic E-state index is -0.694. The third kappa shape index (κ3) is 4.94. The number of likely N-dealkylation sites (tertiary alicyclic amines) is 1. The van der Waals surface area contributed by atoms with Gasteiger partial charge in [-0.3, -0.25) is 0 Å². The summed E-state index contributed by atoms with van der Waals surface area (Å²) in [7, 11) is 0. The summed E-state index contributed by atoms with van der Waals surface area (Å²) < 4.78 is 5.16. The molecule has 1 amide bonds. The molecule has 5 heteroatoms. The summed E-state index contributed by atoms with van der Waals surface area (Å²) in [6.07, 6.45) is 4.61. The molecule has 5 nitrogen and oxygen atoms in total. The molecule has 2 aliphatic rings. The van der Waals surface area contributed by atoms with Gasteiger partial charge >= 0.3 is 6.09 Å². The van der Waals surface area contributed by atoms with E-state index in [1.807, 2.05) is 13.8 Å². The fourth-order valence-electron chi connectivity index (χ4n) is 3.28. The molecule has 1 heterocycles. The first kappa shape index (κ1) is 15.6. The minimum Gasteiger partial charge on any atom is -0.444 e. The summed E-state index contributed by atoms with van der Waals surface area (Å²) in [5, 5.41) is 9.98. The zero-order chi connectivity index (χ0) is 14.8. The molecule has 0 aromatic carbocycles.